The molecule has 0 unspecified atom stereocenters. The molecule has 0 aliphatic heterocycles. The third-order valence-corrected chi connectivity index (χ3v) is 2.08. The van der Waals surface area contributed by atoms with Gasteiger partial charge in [0, 0.05) is 12.2 Å². The summed E-state index contributed by atoms with van der Waals surface area (Å²) in [6, 6.07) is -1.34. The molecule has 17 heavy (non-hydrogen) atoms. The maximum absolute atomic E-state index is 11.5. The van der Waals surface area contributed by atoms with Crippen LogP contribution in [0.5, 0.6) is 0 Å². The van der Waals surface area contributed by atoms with Crippen LogP contribution in [-0.4, -0.2) is 47.5 Å². The monoisotopic (exact) mass is 241 g/mol. The van der Waals surface area contributed by atoms with E-state index in [0.29, 0.717) is 0 Å². The van der Waals surface area contributed by atoms with Crippen molar-refractivity contribution < 1.29 is 29.3 Å². The van der Waals surface area contributed by atoms with E-state index >= 15 is 0 Å². The van der Waals surface area contributed by atoms with Crippen LogP contribution in [0.4, 0.5) is 0 Å². The third kappa shape index (κ3) is 2.91. The van der Waals surface area contributed by atoms with Crippen LogP contribution in [0.25, 0.3) is 0 Å². The van der Waals surface area contributed by atoms with Gasteiger partial charge in [-0.05, 0) is 0 Å². The number of aliphatic hydroxyl groups is 1. The molecule has 0 aromatic carbocycles. The van der Waals surface area contributed by atoms with E-state index in [2.05, 4.69) is 10.1 Å². The highest BCUT2D eigenvalue weighted by Gasteiger charge is 2.25. The first-order chi connectivity index (χ1) is 7.99. The van der Waals surface area contributed by atoms with Gasteiger partial charge in [0.05, 0.1) is 19.4 Å². The molecule has 0 aromatic heterocycles. The summed E-state index contributed by atoms with van der Waals surface area (Å²) < 4.78 is 4.65. The Kier molecular flexibility index (Phi) is 4.00. The molecular formula is C10H11NO6. The number of ketones is 2. The van der Waals surface area contributed by atoms with E-state index in [-0.39, 0.29) is 11.5 Å². The fourth-order valence-electron chi connectivity index (χ4n) is 1.19. The van der Waals surface area contributed by atoms with Crippen molar-refractivity contribution in [3.05, 3.63) is 23.6 Å². The zero-order valence-corrected chi connectivity index (χ0v) is 8.97. The van der Waals surface area contributed by atoms with Gasteiger partial charge in [-0.2, -0.15) is 0 Å². The predicted molar refractivity (Wildman–Crippen MR) is 54.8 cm³/mol. The van der Waals surface area contributed by atoms with Crippen molar-refractivity contribution in [3.63, 3.8) is 0 Å². The number of carboxylic acid groups (broad SMARTS) is 1. The fourth-order valence-corrected chi connectivity index (χ4v) is 1.19. The lowest BCUT2D eigenvalue weighted by atomic mass is 10.1. The Labute approximate surface area is 96.4 Å². The minimum absolute atomic E-state index is 0.114. The summed E-state index contributed by atoms with van der Waals surface area (Å²) in [5, 5.41) is 19.7. The van der Waals surface area contributed by atoms with Crippen molar-refractivity contribution in [2.24, 2.45) is 0 Å². The summed E-state index contributed by atoms with van der Waals surface area (Å²) in [7, 11) is 1.25. The van der Waals surface area contributed by atoms with Crippen LogP contribution in [0.3, 0.4) is 0 Å². The summed E-state index contributed by atoms with van der Waals surface area (Å²) >= 11 is 0. The average molecular weight is 241 g/mol. The highest BCUT2D eigenvalue weighted by atomic mass is 16.5. The van der Waals surface area contributed by atoms with Crippen LogP contribution >= 0.6 is 0 Å². The Morgan fingerprint density at radius 1 is 1.41 bits per heavy atom. The molecule has 92 valence electrons. The summed E-state index contributed by atoms with van der Waals surface area (Å²) in [6.45, 7) is -0.699. The van der Waals surface area contributed by atoms with Gasteiger partial charge in [0.1, 0.15) is 6.04 Å². The first-order valence-corrected chi connectivity index (χ1v) is 4.65. The number of rotatable bonds is 5. The largest absolute Gasteiger partial charge is 0.493 e. The number of carbonyl (C=O) groups excluding carboxylic acids is 2. The van der Waals surface area contributed by atoms with E-state index in [0.717, 1.165) is 12.2 Å². The van der Waals surface area contributed by atoms with Crippen LogP contribution in [0.15, 0.2) is 23.6 Å². The Bertz CT molecular complexity index is 423. The van der Waals surface area contributed by atoms with E-state index in [1.54, 1.807) is 0 Å². The van der Waals surface area contributed by atoms with Gasteiger partial charge in [0.25, 0.3) is 0 Å². The maximum Gasteiger partial charge on any atom is 0.328 e. The molecule has 0 aromatic rings. The van der Waals surface area contributed by atoms with Crippen molar-refractivity contribution in [1.29, 1.82) is 0 Å². The number of ether oxygens (including phenoxy) is 1. The fraction of sp³-hybridized carbons (Fsp3) is 0.300. The van der Waals surface area contributed by atoms with Crippen LogP contribution in [0, 0.1) is 0 Å². The Balaban J connectivity index is 2.84. The second kappa shape index (κ2) is 5.26. The standard InChI is InChI=1S/C10H11NO6/c1-17-9-3-7(13)5(2-8(9)14)11-6(4-12)10(15)16/h2-3,6,11-12H,4H2,1H3,(H,15,16)/t6-/m0/s1. The van der Waals surface area contributed by atoms with E-state index in [9.17, 15) is 14.4 Å². The van der Waals surface area contributed by atoms with Crippen LogP contribution in [0.2, 0.25) is 0 Å². The molecule has 0 saturated carbocycles. The number of carbonyl (C=O) groups is 3. The lowest BCUT2D eigenvalue weighted by Crippen LogP contribution is -2.41. The molecule has 1 aliphatic carbocycles. The molecule has 1 atom stereocenters. The Morgan fingerprint density at radius 2 is 2.06 bits per heavy atom. The highest BCUT2D eigenvalue weighted by molar-refractivity contribution is 6.18. The molecule has 7 heteroatoms. The molecule has 0 saturated heterocycles. The zero-order valence-electron chi connectivity index (χ0n) is 8.97. The molecule has 0 bridgehead atoms. The van der Waals surface area contributed by atoms with Gasteiger partial charge in [-0.3, -0.25) is 9.59 Å². The van der Waals surface area contributed by atoms with E-state index in [1.807, 2.05) is 0 Å². The topological polar surface area (TPSA) is 113 Å². The van der Waals surface area contributed by atoms with E-state index in [4.69, 9.17) is 10.2 Å². The summed E-state index contributed by atoms with van der Waals surface area (Å²) in [6.07, 6.45) is 1.90. The summed E-state index contributed by atoms with van der Waals surface area (Å²) in [5.41, 5.74) is -0.183. The van der Waals surface area contributed by atoms with E-state index < -0.39 is 30.2 Å². The normalized spacial score (nSPS) is 17.1. The van der Waals surface area contributed by atoms with Gasteiger partial charge in [-0.25, -0.2) is 4.79 Å². The number of methoxy groups -OCH3 is 1. The van der Waals surface area contributed by atoms with Crippen molar-refractivity contribution in [1.82, 2.24) is 5.32 Å². The first kappa shape index (κ1) is 12.9. The van der Waals surface area contributed by atoms with Crippen molar-refractivity contribution in [2.45, 2.75) is 6.04 Å². The Morgan fingerprint density at radius 3 is 2.53 bits per heavy atom. The molecule has 0 spiro atoms. The van der Waals surface area contributed by atoms with Crippen molar-refractivity contribution in [2.75, 3.05) is 13.7 Å². The second-order valence-corrected chi connectivity index (χ2v) is 3.22. The SMILES string of the molecule is COC1=CC(=O)C(N[C@@H](CO)C(=O)O)=CC1=O. The number of allylic oxidation sites excluding steroid dienone is 2. The number of aliphatic hydroxyl groups excluding tert-OH is 1. The molecule has 0 heterocycles. The van der Waals surface area contributed by atoms with Gasteiger partial charge in [0.2, 0.25) is 11.6 Å². The van der Waals surface area contributed by atoms with Crippen molar-refractivity contribution >= 4 is 17.5 Å². The Hall–Kier alpha value is -2.15. The van der Waals surface area contributed by atoms with Gasteiger partial charge in [-0.15, -0.1) is 0 Å². The van der Waals surface area contributed by atoms with E-state index in [1.165, 1.54) is 7.11 Å². The summed E-state index contributed by atoms with van der Waals surface area (Å²) in [5.74, 6) is -2.57. The number of aliphatic carboxylic acids is 1. The molecule has 3 N–H and O–H groups in total. The average Bonchev–Trinajstić information content (AvgIpc) is 2.29. The third-order valence-electron chi connectivity index (χ3n) is 2.08. The number of nitrogens with one attached hydrogen (secondary N) is 1. The van der Waals surface area contributed by atoms with Gasteiger partial charge >= 0.3 is 5.97 Å². The molecule has 1 aliphatic rings. The number of hydrogen-bond acceptors (Lipinski definition) is 6. The molecular weight excluding hydrogens is 230 g/mol. The van der Waals surface area contributed by atoms with Gasteiger partial charge in [-0.1, -0.05) is 0 Å². The van der Waals surface area contributed by atoms with Gasteiger partial charge < -0.3 is 20.3 Å². The van der Waals surface area contributed by atoms with Crippen molar-refractivity contribution in [3.8, 4) is 0 Å². The predicted octanol–water partition coefficient (Wildman–Crippen LogP) is -1.41. The highest BCUT2D eigenvalue weighted by Crippen LogP contribution is 2.10. The van der Waals surface area contributed by atoms with Crippen LogP contribution in [0.1, 0.15) is 0 Å². The minimum Gasteiger partial charge on any atom is -0.493 e. The van der Waals surface area contributed by atoms with Crippen LogP contribution in [-0.2, 0) is 19.1 Å². The number of hydrogen-bond donors (Lipinski definition) is 3. The zero-order chi connectivity index (χ0) is 13.0. The van der Waals surface area contributed by atoms with Crippen LogP contribution < -0.4 is 5.32 Å². The lowest BCUT2D eigenvalue weighted by Gasteiger charge is -2.16. The minimum atomic E-state index is -1.34. The molecule has 0 radical (unpaired) electrons. The second-order valence-electron chi connectivity index (χ2n) is 3.22. The molecule has 7 nitrogen and oxygen atoms in total. The quantitative estimate of drug-likeness (QED) is 0.506. The molecule has 1 rings (SSSR count). The first-order valence-electron chi connectivity index (χ1n) is 4.65. The molecule has 0 fully saturated rings. The summed E-state index contributed by atoms with van der Waals surface area (Å²) in [4.78, 5) is 33.4. The molecule has 0 amide bonds. The smallest absolute Gasteiger partial charge is 0.328 e. The lowest BCUT2D eigenvalue weighted by molar-refractivity contribution is -0.140. The maximum atomic E-state index is 11.5. The number of carboxylic acids is 1. The van der Waals surface area contributed by atoms with Gasteiger partial charge in [0.15, 0.2) is 5.76 Å².